The average molecular weight is 414 g/mol. The summed E-state index contributed by atoms with van der Waals surface area (Å²) in [5, 5.41) is 3.88. The summed E-state index contributed by atoms with van der Waals surface area (Å²) < 4.78 is 10.9. The fraction of sp³-hybridized carbons (Fsp3) is 0.318. The molecule has 29 heavy (non-hydrogen) atoms. The minimum absolute atomic E-state index is 0.0279. The second-order valence-electron chi connectivity index (χ2n) is 7.16. The highest BCUT2D eigenvalue weighted by Crippen LogP contribution is 2.43. The van der Waals surface area contributed by atoms with Crippen LogP contribution in [0.1, 0.15) is 38.2 Å². The second-order valence-corrected chi connectivity index (χ2v) is 7.60. The maximum Gasteiger partial charge on any atom is 0.336 e. The van der Waals surface area contributed by atoms with E-state index in [0.717, 1.165) is 0 Å². The second kappa shape index (κ2) is 7.52. The monoisotopic (exact) mass is 413 g/mol. The molecule has 150 valence electrons. The Hall–Kier alpha value is -2.86. The van der Waals surface area contributed by atoms with E-state index < -0.39 is 17.8 Å². The zero-order chi connectivity index (χ0) is 20.7. The fourth-order valence-corrected chi connectivity index (χ4v) is 4.33. The maximum atomic E-state index is 13.3. The molecule has 1 aromatic carbocycles. The number of hydrogen-bond donors (Lipinski definition) is 1. The summed E-state index contributed by atoms with van der Waals surface area (Å²) in [6.45, 7) is 3.64. The van der Waals surface area contributed by atoms with Crippen molar-refractivity contribution in [2.24, 2.45) is 5.92 Å². The number of carbonyl (C=O) groups is 2. The van der Waals surface area contributed by atoms with Gasteiger partial charge in [-0.2, -0.15) is 0 Å². The van der Waals surface area contributed by atoms with Crippen LogP contribution in [-0.4, -0.2) is 18.4 Å². The van der Waals surface area contributed by atoms with Crippen LogP contribution in [0.4, 0.5) is 0 Å². The van der Waals surface area contributed by atoms with Gasteiger partial charge < -0.3 is 14.5 Å². The van der Waals surface area contributed by atoms with Crippen LogP contribution in [-0.2, 0) is 14.3 Å². The van der Waals surface area contributed by atoms with Crippen molar-refractivity contribution in [1.29, 1.82) is 0 Å². The quantitative estimate of drug-likeness (QED) is 0.769. The summed E-state index contributed by atoms with van der Waals surface area (Å²) in [4.78, 5) is 39.0. The molecule has 2 atom stereocenters. The van der Waals surface area contributed by atoms with Crippen LogP contribution in [0.25, 0.3) is 11.0 Å². The van der Waals surface area contributed by atoms with E-state index in [2.05, 4.69) is 5.32 Å². The first-order valence-corrected chi connectivity index (χ1v) is 9.88. The predicted molar refractivity (Wildman–Crippen MR) is 109 cm³/mol. The first-order chi connectivity index (χ1) is 13.9. The van der Waals surface area contributed by atoms with E-state index in [1.54, 1.807) is 26.0 Å². The molecule has 1 aliphatic heterocycles. The Bertz CT molecular complexity index is 1140. The number of rotatable bonds is 3. The molecule has 0 fully saturated rings. The van der Waals surface area contributed by atoms with Crippen molar-refractivity contribution < 1.29 is 18.7 Å². The molecule has 2 unspecified atom stereocenters. The topological polar surface area (TPSA) is 85.6 Å². The fourth-order valence-electron chi connectivity index (χ4n) is 4.16. The number of ketones is 1. The van der Waals surface area contributed by atoms with Crippen molar-refractivity contribution in [2.45, 2.75) is 32.6 Å². The summed E-state index contributed by atoms with van der Waals surface area (Å²) in [5.41, 5.74) is 1.88. The predicted octanol–water partition coefficient (Wildman–Crippen LogP) is 3.83. The smallest absolute Gasteiger partial charge is 0.336 e. The van der Waals surface area contributed by atoms with E-state index in [1.807, 2.05) is 6.08 Å². The summed E-state index contributed by atoms with van der Waals surface area (Å²) in [5.74, 6) is -2.02. The number of hydrogen-bond acceptors (Lipinski definition) is 6. The zero-order valence-corrected chi connectivity index (χ0v) is 16.8. The first kappa shape index (κ1) is 19.5. The molecule has 2 heterocycles. The minimum atomic E-state index is -0.783. The Morgan fingerprint density at radius 2 is 2.10 bits per heavy atom. The third-order valence-electron chi connectivity index (χ3n) is 5.41. The molecule has 0 spiro atoms. The van der Waals surface area contributed by atoms with Crippen LogP contribution in [0.5, 0.6) is 0 Å². The van der Waals surface area contributed by atoms with Gasteiger partial charge in [0.1, 0.15) is 11.4 Å². The van der Waals surface area contributed by atoms with Gasteiger partial charge in [0, 0.05) is 34.3 Å². The Kier molecular flexibility index (Phi) is 5.04. The highest BCUT2D eigenvalue weighted by atomic mass is 35.5. The Balaban J connectivity index is 1.98. The third-order valence-corrected chi connectivity index (χ3v) is 5.64. The third kappa shape index (κ3) is 3.27. The Morgan fingerprint density at radius 3 is 2.86 bits per heavy atom. The Morgan fingerprint density at radius 1 is 1.31 bits per heavy atom. The van der Waals surface area contributed by atoms with Gasteiger partial charge in [-0.25, -0.2) is 4.79 Å². The number of halogens is 1. The number of allylic oxidation sites excluding steroid dienone is 3. The molecule has 1 N–H and O–H groups in total. The molecular weight excluding hydrogens is 394 g/mol. The highest BCUT2D eigenvalue weighted by Gasteiger charge is 2.44. The lowest BCUT2D eigenvalue weighted by molar-refractivity contribution is -0.139. The van der Waals surface area contributed by atoms with Gasteiger partial charge >= 0.3 is 5.97 Å². The lowest BCUT2D eigenvalue weighted by atomic mass is 9.71. The molecule has 0 bridgehead atoms. The lowest BCUT2D eigenvalue weighted by Crippen LogP contribution is -2.42. The van der Waals surface area contributed by atoms with Gasteiger partial charge in [-0.3, -0.25) is 9.59 Å². The van der Waals surface area contributed by atoms with Gasteiger partial charge in [-0.15, -0.1) is 0 Å². The molecule has 0 radical (unpaired) electrons. The van der Waals surface area contributed by atoms with E-state index in [0.29, 0.717) is 40.2 Å². The lowest BCUT2D eigenvalue weighted by Gasteiger charge is -2.37. The van der Waals surface area contributed by atoms with E-state index in [-0.39, 0.29) is 29.0 Å². The molecule has 1 aliphatic carbocycles. The van der Waals surface area contributed by atoms with Crippen LogP contribution in [0.2, 0.25) is 5.02 Å². The van der Waals surface area contributed by atoms with Crippen LogP contribution < -0.4 is 10.7 Å². The van der Waals surface area contributed by atoms with Crippen molar-refractivity contribution in [3.05, 3.63) is 68.3 Å². The highest BCUT2D eigenvalue weighted by molar-refractivity contribution is 6.31. The van der Waals surface area contributed by atoms with E-state index in [9.17, 15) is 14.4 Å². The van der Waals surface area contributed by atoms with Gasteiger partial charge in [-0.05, 0) is 38.5 Å². The van der Waals surface area contributed by atoms with Gasteiger partial charge in [0.25, 0.3) is 0 Å². The van der Waals surface area contributed by atoms with Crippen molar-refractivity contribution in [1.82, 2.24) is 5.32 Å². The van der Waals surface area contributed by atoms with Crippen molar-refractivity contribution >= 4 is 34.3 Å². The van der Waals surface area contributed by atoms with Crippen molar-refractivity contribution in [3.8, 4) is 0 Å². The zero-order valence-electron chi connectivity index (χ0n) is 16.1. The standard InChI is InChI=1S/C22H20ClNO5/c1-3-28-22(27)18-11(2)24-15-5-4-6-16(25)20(15)19(18)14-10-29-17-8-7-12(23)9-13(17)21(14)26/h5,7-10,19-20,24H,3-4,6H2,1-2H3. The Labute approximate surface area is 172 Å². The number of nitrogens with one attached hydrogen (secondary N) is 1. The summed E-state index contributed by atoms with van der Waals surface area (Å²) >= 11 is 6.07. The number of esters is 1. The molecule has 4 rings (SSSR count). The van der Waals surface area contributed by atoms with Gasteiger partial charge in [0.2, 0.25) is 0 Å². The SMILES string of the molecule is CCOC(=O)C1=C(C)NC2=CCCC(=O)C2C1c1coc2ccc(Cl)cc2c1=O. The minimum Gasteiger partial charge on any atom is -0.464 e. The first-order valence-electron chi connectivity index (χ1n) is 9.51. The van der Waals surface area contributed by atoms with Crippen LogP contribution >= 0.6 is 11.6 Å². The molecule has 7 heteroatoms. The summed E-state index contributed by atoms with van der Waals surface area (Å²) in [7, 11) is 0. The van der Waals surface area contributed by atoms with Crippen LogP contribution in [0, 0.1) is 5.92 Å². The number of carbonyl (C=O) groups excluding carboxylic acids is 2. The largest absolute Gasteiger partial charge is 0.464 e. The van der Waals surface area contributed by atoms with Gasteiger partial charge in [0.15, 0.2) is 5.43 Å². The number of Topliss-reactive ketones (excluding diaryl/α,β-unsaturated/α-hetero) is 1. The van der Waals surface area contributed by atoms with E-state index in [4.69, 9.17) is 20.8 Å². The van der Waals surface area contributed by atoms with Crippen molar-refractivity contribution in [2.75, 3.05) is 6.61 Å². The number of benzene rings is 1. The molecular formula is C22H20ClNO5. The average Bonchev–Trinajstić information content (AvgIpc) is 2.68. The normalized spacial score (nSPS) is 21.5. The van der Waals surface area contributed by atoms with Gasteiger partial charge in [-0.1, -0.05) is 17.7 Å². The summed E-state index contributed by atoms with van der Waals surface area (Å²) in [6.07, 6.45) is 4.27. The molecule has 1 aromatic heterocycles. The van der Waals surface area contributed by atoms with Crippen LogP contribution in [0.15, 0.2) is 56.7 Å². The molecule has 0 saturated carbocycles. The molecule has 6 nitrogen and oxygen atoms in total. The van der Waals surface area contributed by atoms with E-state index in [1.165, 1.54) is 12.3 Å². The molecule has 0 amide bonds. The number of ether oxygens (including phenoxy) is 1. The molecule has 2 aromatic rings. The van der Waals surface area contributed by atoms with Crippen molar-refractivity contribution in [3.63, 3.8) is 0 Å². The van der Waals surface area contributed by atoms with Crippen LogP contribution in [0.3, 0.4) is 0 Å². The molecule has 0 saturated heterocycles. The molecule has 2 aliphatic rings. The maximum absolute atomic E-state index is 13.3. The number of fused-ring (bicyclic) bond motifs is 2. The van der Waals surface area contributed by atoms with Gasteiger partial charge in [0.05, 0.1) is 29.7 Å². The summed E-state index contributed by atoms with van der Waals surface area (Å²) in [6, 6.07) is 4.79. The van der Waals surface area contributed by atoms with E-state index >= 15 is 0 Å².